The average molecular weight is 298 g/mol. The molecule has 1 N–H and O–H groups in total. The van der Waals surface area contributed by atoms with Crippen molar-refractivity contribution in [3.05, 3.63) is 40.9 Å². The molecular formula is C15H20ClNO3. The summed E-state index contributed by atoms with van der Waals surface area (Å²) in [6, 6.07) is 7.36. The Balaban J connectivity index is 2.73. The lowest BCUT2D eigenvalue weighted by molar-refractivity contribution is -0.126. The first-order valence-electron chi connectivity index (χ1n) is 6.31. The van der Waals surface area contributed by atoms with Gasteiger partial charge in [-0.25, -0.2) is 0 Å². The Bertz CT molecular complexity index is 488. The van der Waals surface area contributed by atoms with Gasteiger partial charge in [0.05, 0.1) is 12.7 Å². The third kappa shape index (κ3) is 4.96. The summed E-state index contributed by atoms with van der Waals surface area (Å²) in [5.41, 5.74) is 1.61. The van der Waals surface area contributed by atoms with Gasteiger partial charge in [-0.2, -0.15) is 0 Å². The third-order valence-corrected chi connectivity index (χ3v) is 3.19. The van der Waals surface area contributed by atoms with Crippen LogP contribution in [-0.2, 0) is 9.53 Å². The number of aliphatic hydroxyl groups is 1. The molecule has 0 saturated carbocycles. The van der Waals surface area contributed by atoms with Gasteiger partial charge in [-0.05, 0) is 24.1 Å². The maximum absolute atomic E-state index is 12.0. The van der Waals surface area contributed by atoms with Crippen LogP contribution in [0.1, 0.15) is 12.5 Å². The number of amides is 1. The van der Waals surface area contributed by atoms with Crippen LogP contribution < -0.4 is 0 Å². The molecule has 1 aromatic carbocycles. The van der Waals surface area contributed by atoms with Gasteiger partial charge in [0.1, 0.15) is 0 Å². The van der Waals surface area contributed by atoms with E-state index < -0.39 is 6.10 Å². The predicted molar refractivity (Wildman–Crippen MR) is 80.6 cm³/mol. The monoisotopic (exact) mass is 297 g/mol. The van der Waals surface area contributed by atoms with Gasteiger partial charge >= 0.3 is 0 Å². The average Bonchev–Trinajstić information content (AvgIpc) is 2.39. The first-order chi connectivity index (χ1) is 9.45. The summed E-state index contributed by atoms with van der Waals surface area (Å²) in [5, 5.41) is 10.2. The van der Waals surface area contributed by atoms with E-state index in [0.29, 0.717) is 5.02 Å². The summed E-state index contributed by atoms with van der Waals surface area (Å²) in [6.07, 6.45) is 0.823. The molecule has 0 aliphatic heterocycles. The number of nitrogens with zero attached hydrogens (tertiary/aromatic N) is 1. The van der Waals surface area contributed by atoms with Crippen LogP contribution in [0.2, 0.25) is 5.02 Å². The van der Waals surface area contributed by atoms with E-state index in [1.54, 1.807) is 13.1 Å². The molecule has 1 amide bonds. The Morgan fingerprint density at radius 1 is 1.50 bits per heavy atom. The second-order valence-corrected chi connectivity index (χ2v) is 5.04. The highest BCUT2D eigenvalue weighted by Crippen LogP contribution is 2.23. The largest absolute Gasteiger partial charge is 0.389 e. The standard InChI is InChI=1S/C15H20ClNO3/c1-11(13-6-4-5-7-14(13)16)8-15(19)17(2)9-12(18)10-20-3/h4-8,12,18H,9-10H2,1-3H3/b11-8-. The first kappa shape index (κ1) is 16.7. The van der Waals surface area contributed by atoms with E-state index in [4.69, 9.17) is 16.3 Å². The van der Waals surface area contributed by atoms with E-state index in [1.807, 2.05) is 25.1 Å². The Morgan fingerprint density at radius 3 is 2.75 bits per heavy atom. The van der Waals surface area contributed by atoms with Crippen molar-refractivity contribution in [2.24, 2.45) is 0 Å². The molecule has 0 aromatic heterocycles. The molecule has 0 bridgehead atoms. The predicted octanol–water partition coefficient (Wildman–Crippen LogP) is 2.21. The van der Waals surface area contributed by atoms with Gasteiger partial charge in [-0.15, -0.1) is 0 Å². The van der Waals surface area contributed by atoms with E-state index in [0.717, 1.165) is 11.1 Å². The molecule has 1 aromatic rings. The molecule has 0 saturated heterocycles. The lowest BCUT2D eigenvalue weighted by Gasteiger charge is -2.19. The SMILES string of the molecule is COCC(O)CN(C)C(=O)/C=C(/C)c1ccccc1Cl. The number of halogens is 1. The Labute approximate surface area is 124 Å². The summed E-state index contributed by atoms with van der Waals surface area (Å²) in [4.78, 5) is 13.5. The fourth-order valence-electron chi connectivity index (χ4n) is 1.81. The molecule has 0 aliphatic carbocycles. The number of likely N-dealkylation sites (N-methyl/N-ethyl adjacent to an activating group) is 1. The normalized spacial score (nSPS) is 13.2. The zero-order valence-electron chi connectivity index (χ0n) is 12.0. The number of hydrogen-bond acceptors (Lipinski definition) is 3. The van der Waals surface area contributed by atoms with Crippen LogP contribution in [0, 0.1) is 0 Å². The maximum Gasteiger partial charge on any atom is 0.246 e. The zero-order valence-corrected chi connectivity index (χ0v) is 12.7. The van der Waals surface area contributed by atoms with Gasteiger partial charge < -0.3 is 14.7 Å². The Hall–Kier alpha value is -1.36. The van der Waals surface area contributed by atoms with Crippen molar-refractivity contribution >= 4 is 23.1 Å². The molecule has 4 nitrogen and oxygen atoms in total. The van der Waals surface area contributed by atoms with Crippen LogP contribution in [0.15, 0.2) is 30.3 Å². The second-order valence-electron chi connectivity index (χ2n) is 4.64. The number of methoxy groups -OCH3 is 1. The summed E-state index contributed by atoms with van der Waals surface area (Å²) in [7, 11) is 3.14. The molecule has 5 heteroatoms. The van der Waals surface area contributed by atoms with Gasteiger partial charge in [0.2, 0.25) is 5.91 Å². The van der Waals surface area contributed by atoms with Crippen LogP contribution in [-0.4, -0.2) is 49.3 Å². The van der Waals surface area contributed by atoms with E-state index >= 15 is 0 Å². The van der Waals surface area contributed by atoms with Crippen molar-refractivity contribution in [3.8, 4) is 0 Å². The number of ether oxygens (including phenoxy) is 1. The summed E-state index contributed by atoms with van der Waals surface area (Å²) in [5.74, 6) is -0.183. The first-order valence-corrected chi connectivity index (χ1v) is 6.68. The van der Waals surface area contributed by atoms with E-state index in [-0.39, 0.29) is 19.1 Å². The smallest absolute Gasteiger partial charge is 0.246 e. The van der Waals surface area contributed by atoms with Crippen molar-refractivity contribution < 1.29 is 14.6 Å². The number of allylic oxidation sites excluding steroid dienone is 1. The van der Waals surface area contributed by atoms with Gasteiger partial charge in [0.25, 0.3) is 0 Å². The summed E-state index contributed by atoms with van der Waals surface area (Å²) >= 11 is 6.09. The highest BCUT2D eigenvalue weighted by atomic mass is 35.5. The Kier molecular flexibility index (Phi) is 6.71. The number of carbonyl (C=O) groups is 1. The van der Waals surface area contributed by atoms with Crippen molar-refractivity contribution in [1.29, 1.82) is 0 Å². The molecule has 20 heavy (non-hydrogen) atoms. The Morgan fingerprint density at radius 2 is 2.15 bits per heavy atom. The van der Waals surface area contributed by atoms with Crippen LogP contribution in [0.4, 0.5) is 0 Å². The van der Waals surface area contributed by atoms with Gasteiger partial charge in [0.15, 0.2) is 0 Å². The van der Waals surface area contributed by atoms with Crippen molar-refractivity contribution in [2.75, 3.05) is 27.3 Å². The van der Waals surface area contributed by atoms with Crippen LogP contribution in [0.5, 0.6) is 0 Å². The van der Waals surface area contributed by atoms with Crippen molar-refractivity contribution in [2.45, 2.75) is 13.0 Å². The molecule has 0 aliphatic rings. The van der Waals surface area contributed by atoms with Crippen molar-refractivity contribution in [3.63, 3.8) is 0 Å². The quantitative estimate of drug-likeness (QED) is 0.819. The number of rotatable bonds is 6. The fourth-order valence-corrected chi connectivity index (χ4v) is 2.09. The highest BCUT2D eigenvalue weighted by molar-refractivity contribution is 6.32. The highest BCUT2D eigenvalue weighted by Gasteiger charge is 2.12. The molecular weight excluding hydrogens is 278 g/mol. The van der Waals surface area contributed by atoms with Gasteiger partial charge in [0, 0.05) is 31.8 Å². The number of aliphatic hydroxyl groups excluding tert-OH is 1. The van der Waals surface area contributed by atoms with Gasteiger partial charge in [-0.3, -0.25) is 4.79 Å². The molecule has 0 spiro atoms. The molecule has 0 heterocycles. The van der Waals surface area contributed by atoms with Crippen LogP contribution >= 0.6 is 11.6 Å². The number of hydrogen-bond donors (Lipinski definition) is 1. The minimum absolute atomic E-state index is 0.183. The van der Waals surface area contributed by atoms with Crippen LogP contribution in [0.3, 0.4) is 0 Å². The maximum atomic E-state index is 12.0. The van der Waals surface area contributed by atoms with E-state index in [1.165, 1.54) is 18.1 Å². The molecule has 110 valence electrons. The number of carbonyl (C=O) groups excluding carboxylic acids is 1. The zero-order chi connectivity index (χ0) is 15.1. The van der Waals surface area contributed by atoms with E-state index in [9.17, 15) is 9.90 Å². The summed E-state index contributed by atoms with van der Waals surface area (Å²) < 4.78 is 4.83. The lowest BCUT2D eigenvalue weighted by atomic mass is 10.1. The second kappa shape index (κ2) is 8.04. The minimum atomic E-state index is -0.692. The molecule has 0 fully saturated rings. The van der Waals surface area contributed by atoms with Gasteiger partial charge in [-0.1, -0.05) is 29.8 Å². The van der Waals surface area contributed by atoms with Crippen LogP contribution in [0.25, 0.3) is 5.57 Å². The molecule has 1 atom stereocenters. The third-order valence-electron chi connectivity index (χ3n) is 2.86. The molecule has 1 rings (SSSR count). The fraction of sp³-hybridized carbons (Fsp3) is 0.400. The number of benzene rings is 1. The van der Waals surface area contributed by atoms with E-state index in [2.05, 4.69) is 0 Å². The minimum Gasteiger partial charge on any atom is -0.389 e. The summed E-state index contributed by atoms with van der Waals surface area (Å²) in [6.45, 7) is 2.25. The molecule has 1 unspecified atom stereocenters. The lowest BCUT2D eigenvalue weighted by Crippen LogP contribution is -2.35. The molecule has 0 radical (unpaired) electrons. The van der Waals surface area contributed by atoms with Crippen molar-refractivity contribution in [1.82, 2.24) is 4.90 Å². The topological polar surface area (TPSA) is 49.8 Å².